The van der Waals surface area contributed by atoms with E-state index >= 15 is 0 Å². The second-order valence-corrected chi connectivity index (χ2v) is 17.5. The van der Waals surface area contributed by atoms with Gasteiger partial charge in [0, 0.05) is 12.8 Å². The Morgan fingerprint density at radius 2 is 1.22 bits per heavy atom. The molecule has 0 radical (unpaired) electrons. The highest BCUT2D eigenvalue weighted by Crippen LogP contribution is 2.38. The first-order valence-electron chi connectivity index (χ1n) is 21.8. The van der Waals surface area contributed by atoms with Gasteiger partial charge in [0.25, 0.3) is 7.82 Å². The van der Waals surface area contributed by atoms with Crippen molar-refractivity contribution in [1.29, 1.82) is 0 Å². The first-order valence-corrected chi connectivity index (χ1v) is 23.3. The van der Waals surface area contributed by atoms with Crippen LogP contribution in [0.5, 0.6) is 0 Å². The highest BCUT2D eigenvalue weighted by molar-refractivity contribution is 7.45. The van der Waals surface area contributed by atoms with E-state index in [4.69, 9.17) is 23.3 Å². The van der Waals surface area contributed by atoms with Crippen LogP contribution in [0.3, 0.4) is 0 Å². The number of allylic oxidation sites excluding steroid dienone is 5. The monoisotopic (exact) mass is 798 g/mol. The van der Waals surface area contributed by atoms with Gasteiger partial charge in [-0.1, -0.05) is 147 Å². The van der Waals surface area contributed by atoms with Crippen LogP contribution in [0.25, 0.3) is 0 Å². The van der Waals surface area contributed by atoms with E-state index in [1.807, 2.05) is 27.2 Å². The van der Waals surface area contributed by atoms with Gasteiger partial charge in [-0.05, 0) is 44.9 Å². The van der Waals surface area contributed by atoms with E-state index in [1.54, 1.807) is 0 Å². The lowest BCUT2D eigenvalue weighted by atomic mass is 10.0. The maximum Gasteiger partial charge on any atom is 0.306 e. The average molecular weight is 798 g/mol. The van der Waals surface area contributed by atoms with Crippen LogP contribution in [0.1, 0.15) is 168 Å². The predicted molar refractivity (Wildman–Crippen MR) is 221 cm³/mol. The lowest BCUT2D eigenvalue weighted by molar-refractivity contribution is -0.870. The van der Waals surface area contributed by atoms with Crippen LogP contribution in [-0.2, 0) is 37.4 Å². The molecule has 1 rings (SSSR count). The number of hydrogen-bond donors (Lipinski definition) is 0. The Hall–Kier alpha value is -1.81. The average Bonchev–Trinajstić information content (AvgIpc) is 3.89. The van der Waals surface area contributed by atoms with Crippen LogP contribution in [0, 0.1) is 0 Å². The predicted octanol–water partition coefficient (Wildman–Crippen LogP) is 10.5. The van der Waals surface area contributed by atoms with Gasteiger partial charge in [0.05, 0.1) is 40.0 Å². The van der Waals surface area contributed by atoms with Crippen LogP contribution in [0.2, 0.25) is 0 Å². The number of rotatable bonds is 38. The molecule has 4 atom stereocenters. The Morgan fingerprint density at radius 3 is 1.84 bits per heavy atom. The van der Waals surface area contributed by atoms with E-state index in [0.29, 0.717) is 36.1 Å². The summed E-state index contributed by atoms with van der Waals surface area (Å²) in [5.74, 6) is -0.903. The van der Waals surface area contributed by atoms with E-state index in [-0.39, 0.29) is 26.1 Å². The van der Waals surface area contributed by atoms with Crippen molar-refractivity contribution >= 4 is 19.8 Å². The zero-order valence-corrected chi connectivity index (χ0v) is 36.5. The summed E-state index contributed by atoms with van der Waals surface area (Å²) in [6, 6.07) is 0. The van der Waals surface area contributed by atoms with Gasteiger partial charge in [-0.2, -0.15) is 0 Å². The Kier molecular flexibility index (Phi) is 30.9. The van der Waals surface area contributed by atoms with E-state index in [2.05, 4.69) is 44.2 Å². The molecular weight excluding hydrogens is 717 g/mol. The molecule has 10 nitrogen and oxygen atoms in total. The molecular formula is C44H80NO9P. The number of nitrogens with zero attached hydrogens (tertiary/aromatic N) is 1. The SMILES string of the molecule is CCCCCCCCCCCCCCCC(=O)OC[C@H](COP(=O)([O-])OCC[N+](C)(C)C)OC(=O)CCC/C=C\C/C=C\C/C=C\CC1OC1CCCCC. The molecule has 0 aromatic rings. The van der Waals surface area contributed by atoms with Gasteiger partial charge in [0.2, 0.25) is 0 Å². The number of carbonyl (C=O) groups excluding carboxylic acids is 2. The summed E-state index contributed by atoms with van der Waals surface area (Å²) in [7, 11) is 1.12. The number of unbranched alkanes of at least 4 members (excludes halogenated alkanes) is 15. The van der Waals surface area contributed by atoms with Crippen molar-refractivity contribution in [3.8, 4) is 0 Å². The zero-order chi connectivity index (χ0) is 40.5. The molecule has 0 spiro atoms. The van der Waals surface area contributed by atoms with Gasteiger partial charge in [-0.3, -0.25) is 14.2 Å². The number of esters is 2. The number of epoxide rings is 1. The third-order valence-electron chi connectivity index (χ3n) is 9.59. The zero-order valence-electron chi connectivity index (χ0n) is 35.6. The molecule has 0 aliphatic carbocycles. The van der Waals surface area contributed by atoms with Crippen LogP contribution >= 0.6 is 7.82 Å². The molecule has 3 unspecified atom stereocenters. The minimum atomic E-state index is -4.64. The summed E-state index contributed by atoms with van der Waals surface area (Å²) < 4.78 is 39.5. The normalized spacial score (nSPS) is 17.6. The maximum atomic E-state index is 12.6. The second-order valence-electron chi connectivity index (χ2n) is 16.1. The highest BCUT2D eigenvalue weighted by Gasteiger charge is 2.36. The Labute approximate surface area is 336 Å². The van der Waals surface area contributed by atoms with Crippen LogP contribution < -0.4 is 4.89 Å². The number of carbonyl (C=O) groups is 2. The summed E-state index contributed by atoms with van der Waals surface area (Å²) in [5, 5.41) is 0. The molecule has 0 N–H and O–H groups in total. The van der Waals surface area contributed by atoms with Gasteiger partial charge in [0.1, 0.15) is 19.8 Å². The van der Waals surface area contributed by atoms with Gasteiger partial charge in [-0.15, -0.1) is 0 Å². The van der Waals surface area contributed by atoms with E-state index in [0.717, 1.165) is 38.5 Å². The number of hydrogen-bond acceptors (Lipinski definition) is 9. The molecule has 320 valence electrons. The molecule has 11 heteroatoms. The first kappa shape index (κ1) is 51.2. The van der Waals surface area contributed by atoms with E-state index in [1.165, 1.54) is 89.9 Å². The van der Waals surface area contributed by atoms with Crippen LogP contribution in [0.15, 0.2) is 36.5 Å². The lowest BCUT2D eigenvalue weighted by Gasteiger charge is -2.28. The van der Waals surface area contributed by atoms with Crippen molar-refractivity contribution in [3.63, 3.8) is 0 Å². The molecule has 0 bridgehead atoms. The first-order chi connectivity index (χ1) is 26.5. The van der Waals surface area contributed by atoms with E-state index < -0.39 is 32.5 Å². The quantitative estimate of drug-likeness (QED) is 0.0150. The third kappa shape index (κ3) is 34.0. The third-order valence-corrected chi connectivity index (χ3v) is 10.6. The Morgan fingerprint density at radius 1 is 0.673 bits per heavy atom. The van der Waals surface area contributed by atoms with Crippen molar-refractivity contribution < 1.29 is 46.8 Å². The summed E-state index contributed by atoms with van der Waals surface area (Å²) in [4.78, 5) is 37.5. The molecule has 1 saturated heterocycles. The van der Waals surface area contributed by atoms with Crippen molar-refractivity contribution in [3.05, 3.63) is 36.5 Å². The Balaban J connectivity index is 2.32. The number of phosphoric ester groups is 1. The van der Waals surface area contributed by atoms with Crippen molar-refractivity contribution in [2.75, 3.05) is 47.5 Å². The number of quaternary nitrogens is 1. The van der Waals surface area contributed by atoms with Crippen LogP contribution in [0.4, 0.5) is 0 Å². The summed E-state index contributed by atoms with van der Waals surface area (Å²) >= 11 is 0. The molecule has 0 aromatic carbocycles. The summed E-state index contributed by atoms with van der Waals surface area (Å²) in [5.41, 5.74) is 0. The molecule has 0 saturated carbocycles. The number of phosphoric acid groups is 1. The molecule has 0 aromatic heterocycles. The van der Waals surface area contributed by atoms with Crippen molar-refractivity contribution in [2.45, 2.75) is 186 Å². The lowest BCUT2D eigenvalue weighted by Crippen LogP contribution is -2.37. The molecule has 1 heterocycles. The summed E-state index contributed by atoms with van der Waals surface area (Å²) in [6.45, 7) is 4.12. The fourth-order valence-electron chi connectivity index (χ4n) is 6.03. The molecule has 1 fully saturated rings. The minimum absolute atomic E-state index is 0.0426. The van der Waals surface area contributed by atoms with Crippen molar-refractivity contribution in [2.24, 2.45) is 0 Å². The molecule has 0 amide bonds. The molecule has 1 aliphatic rings. The summed E-state index contributed by atoms with van der Waals surface area (Å²) in [6.07, 6.45) is 37.8. The van der Waals surface area contributed by atoms with Gasteiger partial charge >= 0.3 is 11.9 Å². The highest BCUT2D eigenvalue weighted by atomic mass is 31.2. The topological polar surface area (TPSA) is 124 Å². The number of ether oxygens (including phenoxy) is 3. The smallest absolute Gasteiger partial charge is 0.306 e. The maximum absolute atomic E-state index is 12.6. The number of likely N-dealkylation sites (N-methyl/N-ethyl adjacent to an activating group) is 1. The minimum Gasteiger partial charge on any atom is -0.756 e. The molecule has 55 heavy (non-hydrogen) atoms. The van der Waals surface area contributed by atoms with Gasteiger partial charge in [0.15, 0.2) is 6.10 Å². The standard InChI is InChI=1S/C44H80NO9P/c1-6-8-10-11-12-13-14-15-16-20-23-26-30-34-43(46)50-38-40(39-52-55(48,49)51-37-36-45(3,4)5)53-44(47)35-31-27-24-21-18-17-19-22-25-29-33-42-41(54-42)32-28-9-7-2/h17,19,21,24-25,29,40-42H,6-16,18,20,22-23,26-28,30-39H2,1-5H3/b19-17-,24-21-,29-25-/t40-,41?,42?/m1/s1. The van der Waals surface area contributed by atoms with E-state index in [9.17, 15) is 19.0 Å². The van der Waals surface area contributed by atoms with Crippen molar-refractivity contribution in [1.82, 2.24) is 0 Å². The second kappa shape index (κ2) is 33.2. The van der Waals surface area contributed by atoms with Crippen LogP contribution in [-0.4, -0.2) is 82.2 Å². The fourth-order valence-corrected chi connectivity index (χ4v) is 6.76. The largest absolute Gasteiger partial charge is 0.756 e. The Bertz CT molecular complexity index is 1100. The molecule has 1 aliphatic heterocycles. The van der Waals surface area contributed by atoms with Gasteiger partial charge < -0.3 is 32.6 Å². The fraction of sp³-hybridized carbons (Fsp3) is 0.818. The van der Waals surface area contributed by atoms with Gasteiger partial charge in [-0.25, -0.2) is 0 Å².